The molecule has 1 N–H and O–H groups in total. The van der Waals surface area contributed by atoms with E-state index in [-0.39, 0.29) is 5.82 Å². The van der Waals surface area contributed by atoms with E-state index >= 15 is 0 Å². The second kappa shape index (κ2) is 6.41. The van der Waals surface area contributed by atoms with Gasteiger partial charge in [-0.15, -0.1) is 0 Å². The van der Waals surface area contributed by atoms with Crippen molar-refractivity contribution >= 4 is 0 Å². The zero-order chi connectivity index (χ0) is 13.8. The highest BCUT2D eigenvalue weighted by atomic mass is 19.1. The highest BCUT2D eigenvalue weighted by Gasteiger charge is 2.20. The molecule has 4 nitrogen and oxygen atoms in total. The van der Waals surface area contributed by atoms with E-state index in [9.17, 15) is 4.39 Å². The number of fused-ring (bicyclic) bond motifs is 1. The first-order chi connectivity index (χ1) is 9.84. The summed E-state index contributed by atoms with van der Waals surface area (Å²) in [6.07, 6.45) is 1.66. The molecule has 0 amide bonds. The minimum Gasteiger partial charge on any atom is -0.489 e. The number of nitrogens with one attached hydrogen (secondary N) is 1. The van der Waals surface area contributed by atoms with E-state index in [1.165, 1.54) is 6.07 Å². The average Bonchev–Trinajstić information content (AvgIpc) is 2.74. The number of ether oxygens (including phenoxy) is 2. The van der Waals surface area contributed by atoms with Crippen LogP contribution in [0.15, 0.2) is 12.1 Å². The molecular formula is C15H21FN2O2. The smallest absolute Gasteiger partial charge is 0.197 e. The lowest BCUT2D eigenvalue weighted by atomic mass is 10.1. The largest absolute Gasteiger partial charge is 0.489 e. The molecule has 1 fully saturated rings. The van der Waals surface area contributed by atoms with Gasteiger partial charge in [0.25, 0.3) is 0 Å². The maximum absolute atomic E-state index is 13.8. The molecule has 0 spiro atoms. The minimum atomic E-state index is -0.326. The van der Waals surface area contributed by atoms with Crippen molar-refractivity contribution in [1.82, 2.24) is 10.2 Å². The van der Waals surface area contributed by atoms with Crippen LogP contribution in [0.3, 0.4) is 0 Å². The van der Waals surface area contributed by atoms with Gasteiger partial charge in [0.15, 0.2) is 17.3 Å². The Kier molecular flexibility index (Phi) is 4.38. The summed E-state index contributed by atoms with van der Waals surface area (Å²) in [6, 6.07) is 3.31. The van der Waals surface area contributed by atoms with E-state index in [0.717, 1.165) is 51.1 Å². The van der Waals surface area contributed by atoms with E-state index < -0.39 is 0 Å². The Balaban J connectivity index is 1.72. The van der Waals surface area contributed by atoms with E-state index in [0.29, 0.717) is 24.7 Å². The van der Waals surface area contributed by atoms with Crippen molar-refractivity contribution in [2.75, 3.05) is 45.9 Å². The predicted molar refractivity (Wildman–Crippen MR) is 75.0 cm³/mol. The van der Waals surface area contributed by atoms with Crippen molar-refractivity contribution in [2.24, 2.45) is 0 Å². The molecule has 5 heteroatoms. The molecule has 110 valence electrons. The van der Waals surface area contributed by atoms with Gasteiger partial charge in [0.2, 0.25) is 0 Å². The van der Waals surface area contributed by atoms with E-state index in [1.807, 2.05) is 6.07 Å². The summed E-state index contributed by atoms with van der Waals surface area (Å²) in [6.45, 7) is 6.31. The normalized spacial score (nSPS) is 19.6. The third kappa shape index (κ3) is 3.04. The van der Waals surface area contributed by atoms with Crippen LogP contribution < -0.4 is 14.8 Å². The van der Waals surface area contributed by atoms with Crippen molar-refractivity contribution in [3.05, 3.63) is 23.5 Å². The molecule has 20 heavy (non-hydrogen) atoms. The Morgan fingerprint density at radius 2 is 1.85 bits per heavy atom. The zero-order valence-corrected chi connectivity index (χ0v) is 11.7. The van der Waals surface area contributed by atoms with Gasteiger partial charge in [-0.1, -0.05) is 6.07 Å². The molecule has 0 atom stereocenters. The molecule has 0 aliphatic carbocycles. The van der Waals surface area contributed by atoms with Gasteiger partial charge < -0.3 is 19.7 Å². The molecule has 0 unspecified atom stereocenters. The van der Waals surface area contributed by atoms with Crippen LogP contribution in [0.1, 0.15) is 12.0 Å². The summed E-state index contributed by atoms with van der Waals surface area (Å²) in [7, 11) is 0. The maximum atomic E-state index is 13.8. The molecule has 3 rings (SSSR count). The van der Waals surface area contributed by atoms with Crippen molar-refractivity contribution in [1.29, 1.82) is 0 Å². The fourth-order valence-electron chi connectivity index (χ4n) is 2.69. The van der Waals surface area contributed by atoms with Gasteiger partial charge in [0.05, 0.1) is 13.2 Å². The summed E-state index contributed by atoms with van der Waals surface area (Å²) in [5, 5.41) is 3.34. The summed E-state index contributed by atoms with van der Waals surface area (Å²) in [5.74, 6) is 0.575. The molecule has 2 heterocycles. The van der Waals surface area contributed by atoms with Gasteiger partial charge in [0, 0.05) is 39.1 Å². The van der Waals surface area contributed by atoms with Gasteiger partial charge in [-0.3, -0.25) is 0 Å². The number of hydrogen-bond donors (Lipinski definition) is 1. The summed E-state index contributed by atoms with van der Waals surface area (Å²) in [4.78, 5) is 2.42. The molecule has 0 bridgehead atoms. The quantitative estimate of drug-likeness (QED) is 0.908. The molecule has 2 aliphatic rings. The second-order valence-electron chi connectivity index (χ2n) is 5.26. The van der Waals surface area contributed by atoms with Crippen LogP contribution in [-0.4, -0.2) is 50.8 Å². The second-order valence-corrected chi connectivity index (χ2v) is 5.26. The predicted octanol–water partition coefficient (Wildman–Crippen LogP) is 1.43. The summed E-state index contributed by atoms with van der Waals surface area (Å²) >= 11 is 0. The number of hydrogen-bond acceptors (Lipinski definition) is 4. The van der Waals surface area contributed by atoms with E-state index in [4.69, 9.17) is 9.47 Å². The zero-order valence-electron chi connectivity index (χ0n) is 11.7. The molecule has 1 aromatic rings. The molecule has 0 aromatic heterocycles. The lowest BCUT2D eigenvalue weighted by molar-refractivity contribution is 0.242. The van der Waals surface area contributed by atoms with Crippen molar-refractivity contribution in [3.63, 3.8) is 0 Å². The molecule has 1 saturated heterocycles. The van der Waals surface area contributed by atoms with Crippen molar-refractivity contribution in [2.45, 2.75) is 12.8 Å². The Labute approximate surface area is 118 Å². The number of rotatable bonds is 3. The third-order valence-corrected chi connectivity index (χ3v) is 3.83. The van der Waals surface area contributed by atoms with Crippen LogP contribution in [-0.2, 0) is 6.42 Å². The van der Waals surface area contributed by atoms with Gasteiger partial charge in [-0.25, -0.2) is 4.39 Å². The summed E-state index contributed by atoms with van der Waals surface area (Å²) < 4.78 is 25.0. The SMILES string of the molecule is Fc1ccc(CCN2CCNCC2)c2c1OCCCO2. The van der Waals surface area contributed by atoms with Crippen LogP contribution in [0, 0.1) is 5.82 Å². The highest BCUT2D eigenvalue weighted by molar-refractivity contribution is 5.48. The first-order valence-electron chi connectivity index (χ1n) is 7.34. The van der Waals surface area contributed by atoms with Gasteiger partial charge >= 0.3 is 0 Å². The molecule has 0 saturated carbocycles. The topological polar surface area (TPSA) is 33.7 Å². The molecule has 0 radical (unpaired) electrons. The fourth-order valence-corrected chi connectivity index (χ4v) is 2.69. The Hall–Kier alpha value is -1.33. The van der Waals surface area contributed by atoms with Crippen LogP contribution in [0.25, 0.3) is 0 Å². The standard InChI is InChI=1S/C15H21FN2O2/c16-13-3-2-12(4-7-18-8-5-17-6-9-18)14-15(13)20-11-1-10-19-14/h2-3,17H,1,4-11H2. The van der Waals surface area contributed by atoms with Crippen LogP contribution in [0.5, 0.6) is 11.5 Å². The lowest BCUT2D eigenvalue weighted by Gasteiger charge is -2.27. The monoisotopic (exact) mass is 280 g/mol. The molecular weight excluding hydrogens is 259 g/mol. The van der Waals surface area contributed by atoms with Crippen LogP contribution in [0.2, 0.25) is 0 Å². The third-order valence-electron chi connectivity index (χ3n) is 3.83. The number of halogens is 1. The first kappa shape index (κ1) is 13.6. The first-order valence-corrected chi connectivity index (χ1v) is 7.34. The number of nitrogens with zero attached hydrogens (tertiary/aromatic N) is 1. The van der Waals surface area contributed by atoms with E-state index in [2.05, 4.69) is 10.2 Å². The van der Waals surface area contributed by atoms with Gasteiger partial charge in [-0.2, -0.15) is 0 Å². The van der Waals surface area contributed by atoms with Crippen LogP contribution in [0.4, 0.5) is 4.39 Å². The van der Waals surface area contributed by atoms with Crippen molar-refractivity contribution < 1.29 is 13.9 Å². The van der Waals surface area contributed by atoms with Crippen LogP contribution >= 0.6 is 0 Å². The van der Waals surface area contributed by atoms with Gasteiger partial charge in [0.1, 0.15) is 0 Å². The van der Waals surface area contributed by atoms with Gasteiger partial charge in [-0.05, 0) is 18.1 Å². The fraction of sp³-hybridized carbons (Fsp3) is 0.600. The lowest BCUT2D eigenvalue weighted by Crippen LogP contribution is -2.44. The minimum absolute atomic E-state index is 0.292. The maximum Gasteiger partial charge on any atom is 0.197 e. The highest BCUT2D eigenvalue weighted by Crippen LogP contribution is 2.36. The average molecular weight is 280 g/mol. The Morgan fingerprint density at radius 1 is 1.10 bits per heavy atom. The van der Waals surface area contributed by atoms with Crippen molar-refractivity contribution in [3.8, 4) is 11.5 Å². The Bertz CT molecular complexity index is 461. The van der Waals surface area contributed by atoms with E-state index in [1.54, 1.807) is 0 Å². The summed E-state index contributed by atoms with van der Waals surface area (Å²) in [5.41, 5.74) is 1.04. The molecule has 2 aliphatic heterocycles. The number of piperazine rings is 1. The number of benzene rings is 1. The Morgan fingerprint density at radius 3 is 2.65 bits per heavy atom. The molecule has 1 aromatic carbocycles.